The van der Waals surface area contributed by atoms with Gasteiger partial charge in [0, 0.05) is 42.7 Å². The van der Waals surface area contributed by atoms with Gasteiger partial charge in [0.2, 0.25) is 5.91 Å². The van der Waals surface area contributed by atoms with Crippen LogP contribution >= 0.6 is 0 Å². The molecule has 1 saturated carbocycles. The molecule has 28 heavy (non-hydrogen) atoms. The zero-order valence-corrected chi connectivity index (χ0v) is 15.4. The molecule has 2 aliphatic rings. The van der Waals surface area contributed by atoms with Crippen molar-refractivity contribution in [2.75, 3.05) is 6.54 Å². The Morgan fingerprint density at radius 1 is 1.25 bits per heavy atom. The Balaban J connectivity index is 1.38. The highest BCUT2D eigenvalue weighted by Crippen LogP contribution is 2.32. The highest BCUT2D eigenvalue weighted by molar-refractivity contribution is 5.89. The van der Waals surface area contributed by atoms with Crippen LogP contribution in [0.2, 0.25) is 0 Å². The molecule has 1 aliphatic heterocycles. The van der Waals surface area contributed by atoms with Crippen molar-refractivity contribution in [3.8, 4) is 0 Å². The van der Waals surface area contributed by atoms with Gasteiger partial charge in [0.25, 0.3) is 0 Å². The molecule has 1 amide bonds. The number of fused-ring (bicyclic) bond motifs is 2. The van der Waals surface area contributed by atoms with Crippen molar-refractivity contribution in [1.29, 1.82) is 0 Å². The molecule has 0 saturated heterocycles. The topological polar surface area (TPSA) is 104 Å². The summed E-state index contributed by atoms with van der Waals surface area (Å²) in [5, 5.41) is 22.0. The number of hydrogen-bond donors (Lipinski definition) is 2. The van der Waals surface area contributed by atoms with Gasteiger partial charge >= 0.3 is 5.97 Å². The summed E-state index contributed by atoms with van der Waals surface area (Å²) in [7, 11) is 0. The third-order valence-corrected chi connectivity index (χ3v) is 5.69. The number of para-hydroxylation sites is 1. The van der Waals surface area contributed by atoms with E-state index in [-0.39, 0.29) is 18.0 Å². The van der Waals surface area contributed by atoms with E-state index in [1.54, 1.807) is 4.90 Å². The second-order valence-electron chi connectivity index (χ2n) is 7.67. The molecule has 8 heteroatoms. The highest BCUT2D eigenvalue weighted by atomic mass is 16.4. The van der Waals surface area contributed by atoms with Crippen molar-refractivity contribution in [2.24, 2.45) is 5.92 Å². The van der Waals surface area contributed by atoms with E-state index in [4.69, 9.17) is 0 Å². The lowest BCUT2D eigenvalue weighted by Gasteiger charge is -2.27. The Morgan fingerprint density at radius 2 is 2.07 bits per heavy atom. The molecule has 2 N–H and O–H groups in total. The molecule has 8 nitrogen and oxygen atoms in total. The first-order valence-corrected chi connectivity index (χ1v) is 9.61. The maximum Gasteiger partial charge on any atom is 0.356 e. The minimum absolute atomic E-state index is 0.0358. The molecule has 0 bridgehead atoms. The van der Waals surface area contributed by atoms with Crippen LogP contribution in [0.1, 0.15) is 40.3 Å². The van der Waals surface area contributed by atoms with Crippen LogP contribution in [0.25, 0.3) is 10.9 Å². The van der Waals surface area contributed by atoms with Gasteiger partial charge in [-0.2, -0.15) is 10.2 Å². The minimum atomic E-state index is -1.03. The summed E-state index contributed by atoms with van der Waals surface area (Å²) in [6.07, 6.45) is 3.21. The summed E-state index contributed by atoms with van der Waals surface area (Å²) in [6, 6.07) is 7.68. The first kappa shape index (κ1) is 17.0. The zero-order chi connectivity index (χ0) is 19.3. The summed E-state index contributed by atoms with van der Waals surface area (Å²) in [4.78, 5) is 26.3. The number of aromatic nitrogens is 4. The smallest absolute Gasteiger partial charge is 0.356 e. The van der Waals surface area contributed by atoms with E-state index in [1.807, 2.05) is 28.9 Å². The number of nitrogens with one attached hydrogen (secondary N) is 1. The van der Waals surface area contributed by atoms with Gasteiger partial charge < -0.3 is 10.0 Å². The molecule has 0 spiro atoms. The molecular weight excluding hydrogens is 358 g/mol. The van der Waals surface area contributed by atoms with Gasteiger partial charge in [0.05, 0.1) is 17.6 Å². The van der Waals surface area contributed by atoms with Crippen LogP contribution in [0.5, 0.6) is 0 Å². The lowest BCUT2D eigenvalue weighted by atomic mass is 10.0. The van der Waals surface area contributed by atoms with Crippen molar-refractivity contribution in [2.45, 2.75) is 38.8 Å². The molecule has 0 radical (unpaired) electrons. The molecule has 0 atom stereocenters. The number of carboxylic acid groups (broad SMARTS) is 1. The second kappa shape index (κ2) is 6.47. The third kappa shape index (κ3) is 2.94. The standard InChI is InChI=1S/C20H21N5O3/c26-18(9-16-13-3-1-2-4-15(13)21-22-16)24-8-7-17-14(11-24)19(20(27)28)23-25(17)10-12-5-6-12/h1-4,12H,5-11H2,(H,21,22)(H,27,28). The minimum Gasteiger partial charge on any atom is -0.476 e. The number of rotatable bonds is 5. The van der Waals surface area contributed by atoms with E-state index in [0.717, 1.165) is 28.8 Å². The summed E-state index contributed by atoms with van der Waals surface area (Å²) < 4.78 is 1.86. The number of benzene rings is 1. The zero-order valence-electron chi connectivity index (χ0n) is 15.4. The Kier molecular flexibility index (Phi) is 3.92. The predicted molar refractivity (Wildman–Crippen MR) is 101 cm³/mol. The van der Waals surface area contributed by atoms with Gasteiger partial charge in [0.1, 0.15) is 0 Å². The molecule has 0 unspecified atom stereocenters. The fraction of sp³-hybridized carbons (Fsp3) is 0.400. The molecular formula is C20H21N5O3. The fourth-order valence-electron chi connectivity index (χ4n) is 3.98. The van der Waals surface area contributed by atoms with Gasteiger partial charge in [-0.05, 0) is 24.8 Å². The van der Waals surface area contributed by atoms with Crippen LogP contribution in [0.15, 0.2) is 24.3 Å². The van der Waals surface area contributed by atoms with Crippen LogP contribution < -0.4 is 0 Å². The molecule has 3 heterocycles. The Morgan fingerprint density at radius 3 is 2.86 bits per heavy atom. The molecule has 1 aliphatic carbocycles. The van der Waals surface area contributed by atoms with Gasteiger partial charge in [-0.1, -0.05) is 18.2 Å². The molecule has 3 aromatic rings. The first-order chi connectivity index (χ1) is 13.6. The van der Waals surface area contributed by atoms with Crippen molar-refractivity contribution in [1.82, 2.24) is 24.9 Å². The molecule has 1 fully saturated rings. The summed E-state index contributed by atoms with van der Waals surface area (Å²) in [5.74, 6) is -0.454. The maximum absolute atomic E-state index is 12.9. The second-order valence-corrected chi connectivity index (χ2v) is 7.67. The van der Waals surface area contributed by atoms with E-state index >= 15 is 0 Å². The molecule has 1 aromatic carbocycles. The van der Waals surface area contributed by atoms with Gasteiger partial charge in [0.15, 0.2) is 5.69 Å². The Labute approximate surface area is 161 Å². The van der Waals surface area contributed by atoms with E-state index in [1.165, 1.54) is 12.8 Å². The van der Waals surface area contributed by atoms with Gasteiger partial charge in [-0.25, -0.2) is 4.79 Å². The van der Waals surface area contributed by atoms with E-state index in [2.05, 4.69) is 15.3 Å². The van der Waals surface area contributed by atoms with Gasteiger partial charge in [-0.3, -0.25) is 14.6 Å². The first-order valence-electron chi connectivity index (χ1n) is 9.61. The summed E-state index contributed by atoms with van der Waals surface area (Å²) in [6.45, 7) is 1.66. The SMILES string of the molecule is O=C(O)c1nn(CC2CC2)c2c1CN(C(=O)Cc1[nH]nc3ccccc13)CC2. The van der Waals surface area contributed by atoms with Gasteiger partial charge in [-0.15, -0.1) is 0 Å². The summed E-state index contributed by atoms with van der Waals surface area (Å²) in [5.41, 5.74) is 3.36. The number of carboxylic acids is 1. The lowest BCUT2D eigenvalue weighted by molar-refractivity contribution is -0.131. The van der Waals surface area contributed by atoms with Crippen LogP contribution in [-0.2, 0) is 30.7 Å². The van der Waals surface area contributed by atoms with E-state index < -0.39 is 5.97 Å². The largest absolute Gasteiger partial charge is 0.476 e. The summed E-state index contributed by atoms with van der Waals surface area (Å²) >= 11 is 0. The van der Waals surface area contributed by atoms with Crippen LogP contribution in [-0.4, -0.2) is 48.4 Å². The number of hydrogen-bond acceptors (Lipinski definition) is 4. The number of carbonyl (C=O) groups is 2. The van der Waals surface area contributed by atoms with Crippen molar-refractivity contribution < 1.29 is 14.7 Å². The number of nitrogens with zero attached hydrogens (tertiary/aromatic N) is 4. The van der Waals surface area contributed by atoms with Crippen LogP contribution in [0.4, 0.5) is 0 Å². The monoisotopic (exact) mass is 379 g/mol. The van der Waals surface area contributed by atoms with E-state index in [0.29, 0.717) is 31.0 Å². The van der Waals surface area contributed by atoms with Crippen LogP contribution in [0, 0.1) is 5.92 Å². The Hall–Kier alpha value is -3.16. The van der Waals surface area contributed by atoms with E-state index in [9.17, 15) is 14.7 Å². The number of carbonyl (C=O) groups excluding carboxylic acids is 1. The highest BCUT2D eigenvalue weighted by Gasteiger charge is 2.32. The van der Waals surface area contributed by atoms with Crippen LogP contribution in [0.3, 0.4) is 0 Å². The normalized spacial score (nSPS) is 16.4. The fourth-order valence-corrected chi connectivity index (χ4v) is 3.98. The van der Waals surface area contributed by atoms with Crippen molar-refractivity contribution >= 4 is 22.8 Å². The molecule has 2 aromatic heterocycles. The average molecular weight is 379 g/mol. The number of amides is 1. The van der Waals surface area contributed by atoms with Crippen molar-refractivity contribution in [3.05, 3.63) is 46.9 Å². The predicted octanol–water partition coefficient (Wildman–Crippen LogP) is 1.99. The van der Waals surface area contributed by atoms with Crippen molar-refractivity contribution in [3.63, 3.8) is 0 Å². The third-order valence-electron chi connectivity index (χ3n) is 5.69. The lowest BCUT2D eigenvalue weighted by Crippen LogP contribution is -2.37. The number of aromatic amines is 1. The molecule has 144 valence electrons. The quantitative estimate of drug-likeness (QED) is 0.706. The average Bonchev–Trinajstić information content (AvgIpc) is 3.31. The number of H-pyrrole nitrogens is 1. The maximum atomic E-state index is 12.9. The number of aromatic carboxylic acids is 1. The molecule has 5 rings (SSSR count). The Bertz CT molecular complexity index is 1080.